The van der Waals surface area contributed by atoms with Crippen LogP contribution in [0.15, 0.2) is 12.3 Å². The number of aromatic nitrogens is 2. The third-order valence-electron chi connectivity index (χ3n) is 3.43. The molecule has 1 N–H and O–H groups in total. The number of ether oxygens (including phenoxy) is 1. The molecule has 1 aliphatic heterocycles. The minimum atomic E-state index is 0.769. The first-order valence-corrected chi connectivity index (χ1v) is 6.67. The van der Waals surface area contributed by atoms with Gasteiger partial charge in [0, 0.05) is 31.6 Å². The summed E-state index contributed by atoms with van der Waals surface area (Å²) in [6.45, 7) is 7.25. The molecule has 17 heavy (non-hydrogen) atoms. The van der Waals surface area contributed by atoms with E-state index in [4.69, 9.17) is 4.74 Å². The van der Waals surface area contributed by atoms with Gasteiger partial charge in [0.25, 0.3) is 0 Å². The van der Waals surface area contributed by atoms with Gasteiger partial charge in [-0.2, -0.15) is 5.10 Å². The maximum Gasteiger partial charge on any atom is 0.0593 e. The monoisotopic (exact) mass is 237 g/mol. The van der Waals surface area contributed by atoms with Crippen LogP contribution in [0.1, 0.15) is 25.5 Å². The van der Waals surface area contributed by atoms with Gasteiger partial charge in [-0.1, -0.05) is 0 Å². The Labute approximate surface area is 103 Å². The van der Waals surface area contributed by atoms with Crippen LogP contribution in [0.3, 0.4) is 0 Å². The third-order valence-corrected chi connectivity index (χ3v) is 3.43. The van der Waals surface area contributed by atoms with Crippen molar-refractivity contribution in [3.63, 3.8) is 0 Å². The lowest BCUT2D eigenvalue weighted by Crippen LogP contribution is -2.38. The molecule has 0 amide bonds. The van der Waals surface area contributed by atoms with Crippen molar-refractivity contribution in [2.75, 3.05) is 32.8 Å². The predicted molar refractivity (Wildman–Crippen MR) is 67.9 cm³/mol. The average molecular weight is 237 g/mol. The number of aromatic amines is 1. The molecular weight excluding hydrogens is 214 g/mol. The van der Waals surface area contributed by atoms with Crippen LogP contribution in [0.4, 0.5) is 0 Å². The Morgan fingerprint density at radius 2 is 2.53 bits per heavy atom. The fourth-order valence-corrected chi connectivity index (χ4v) is 2.57. The zero-order chi connectivity index (χ0) is 11.9. The van der Waals surface area contributed by atoms with Crippen molar-refractivity contribution in [3.05, 3.63) is 18.0 Å². The van der Waals surface area contributed by atoms with Gasteiger partial charge in [-0.15, -0.1) is 0 Å². The summed E-state index contributed by atoms with van der Waals surface area (Å²) in [6, 6.07) is 2.08. The maximum absolute atomic E-state index is 5.42. The molecule has 96 valence electrons. The quantitative estimate of drug-likeness (QED) is 0.766. The van der Waals surface area contributed by atoms with Crippen molar-refractivity contribution >= 4 is 0 Å². The van der Waals surface area contributed by atoms with Gasteiger partial charge >= 0.3 is 0 Å². The molecule has 0 unspecified atom stereocenters. The molecule has 0 spiro atoms. The normalized spacial score (nSPS) is 21.8. The van der Waals surface area contributed by atoms with Crippen molar-refractivity contribution in [1.29, 1.82) is 0 Å². The van der Waals surface area contributed by atoms with Crippen LogP contribution in [-0.2, 0) is 11.2 Å². The topological polar surface area (TPSA) is 41.1 Å². The smallest absolute Gasteiger partial charge is 0.0593 e. The van der Waals surface area contributed by atoms with Gasteiger partial charge < -0.3 is 9.64 Å². The highest BCUT2D eigenvalue weighted by molar-refractivity contribution is 4.99. The van der Waals surface area contributed by atoms with Crippen LogP contribution in [0.25, 0.3) is 0 Å². The highest BCUT2D eigenvalue weighted by Crippen LogP contribution is 2.19. The molecule has 2 rings (SSSR count). The van der Waals surface area contributed by atoms with Crippen LogP contribution in [0.2, 0.25) is 0 Å². The van der Waals surface area contributed by atoms with Crippen LogP contribution in [0, 0.1) is 5.92 Å². The second kappa shape index (κ2) is 6.77. The van der Waals surface area contributed by atoms with E-state index in [2.05, 4.69) is 28.1 Å². The molecule has 1 fully saturated rings. The summed E-state index contributed by atoms with van der Waals surface area (Å²) in [7, 11) is 0. The Kier molecular flexibility index (Phi) is 5.01. The standard InChI is InChI=1S/C13H23N3O/c1-2-17-9-8-16-7-3-4-12(11-16)10-13-5-6-14-15-13/h5-6,12H,2-4,7-11H2,1H3,(H,14,15)/t12-/m1/s1. The van der Waals surface area contributed by atoms with Crippen LogP contribution >= 0.6 is 0 Å². The van der Waals surface area contributed by atoms with E-state index < -0.39 is 0 Å². The first kappa shape index (κ1) is 12.6. The molecule has 0 radical (unpaired) electrons. The number of hydrogen-bond donors (Lipinski definition) is 1. The van der Waals surface area contributed by atoms with E-state index in [9.17, 15) is 0 Å². The average Bonchev–Trinajstić information content (AvgIpc) is 2.83. The lowest BCUT2D eigenvalue weighted by atomic mass is 9.93. The van der Waals surface area contributed by atoms with Crippen molar-refractivity contribution in [2.24, 2.45) is 5.92 Å². The van der Waals surface area contributed by atoms with E-state index in [0.29, 0.717) is 0 Å². The summed E-state index contributed by atoms with van der Waals surface area (Å²) in [5, 5.41) is 7.07. The first-order chi connectivity index (χ1) is 8.38. The molecule has 1 aliphatic rings. The van der Waals surface area contributed by atoms with Gasteiger partial charge in [0.05, 0.1) is 6.61 Å². The molecule has 4 heteroatoms. The molecule has 1 saturated heterocycles. The van der Waals surface area contributed by atoms with E-state index >= 15 is 0 Å². The SMILES string of the molecule is CCOCCN1CCC[C@H](Cc2ccn[nH]2)C1. The zero-order valence-electron chi connectivity index (χ0n) is 10.7. The summed E-state index contributed by atoms with van der Waals surface area (Å²) in [5.74, 6) is 0.769. The van der Waals surface area contributed by atoms with Crippen molar-refractivity contribution in [2.45, 2.75) is 26.2 Å². The maximum atomic E-state index is 5.42. The van der Waals surface area contributed by atoms with E-state index in [1.54, 1.807) is 0 Å². The molecular formula is C13H23N3O. The largest absolute Gasteiger partial charge is 0.380 e. The highest BCUT2D eigenvalue weighted by Gasteiger charge is 2.20. The number of nitrogens with one attached hydrogen (secondary N) is 1. The van der Waals surface area contributed by atoms with Gasteiger partial charge in [-0.3, -0.25) is 5.10 Å². The zero-order valence-corrected chi connectivity index (χ0v) is 10.7. The number of nitrogens with zero attached hydrogens (tertiary/aromatic N) is 2. The minimum Gasteiger partial charge on any atom is -0.380 e. The number of rotatable bonds is 6. The van der Waals surface area contributed by atoms with Gasteiger partial charge in [0.1, 0.15) is 0 Å². The second-order valence-corrected chi connectivity index (χ2v) is 4.79. The van der Waals surface area contributed by atoms with Gasteiger partial charge in [0.2, 0.25) is 0 Å². The van der Waals surface area contributed by atoms with Crippen molar-refractivity contribution in [3.8, 4) is 0 Å². The third kappa shape index (κ3) is 4.13. The fraction of sp³-hybridized carbons (Fsp3) is 0.769. The Hall–Kier alpha value is -0.870. The Balaban J connectivity index is 1.72. The van der Waals surface area contributed by atoms with Gasteiger partial charge in [0.15, 0.2) is 0 Å². The van der Waals surface area contributed by atoms with E-state index in [-0.39, 0.29) is 0 Å². The van der Waals surface area contributed by atoms with Gasteiger partial charge in [-0.05, 0) is 44.7 Å². The second-order valence-electron chi connectivity index (χ2n) is 4.79. The van der Waals surface area contributed by atoms with Gasteiger partial charge in [-0.25, -0.2) is 0 Å². The minimum absolute atomic E-state index is 0.769. The fourth-order valence-electron chi connectivity index (χ4n) is 2.57. The molecule has 0 aliphatic carbocycles. The molecule has 1 aromatic rings. The van der Waals surface area contributed by atoms with Crippen LogP contribution in [-0.4, -0.2) is 47.9 Å². The lowest BCUT2D eigenvalue weighted by Gasteiger charge is -2.32. The van der Waals surface area contributed by atoms with E-state index in [1.807, 2.05) is 6.20 Å². The molecule has 1 atom stereocenters. The molecule has 0 bridgehead atoms. The summed E-state index contributed by atoms with van der Waals surface area (Å²) >= 11 is 0. The van der Waals surface area contributed by atoms with Crippen molar-refractivity contribution in [1.82, 2.24) is 15.1 Å². The molecule has 0 saturated carbocycles. The summed E-state index contributed by atoms with van der Waals surface area (Å²) in [6.07, 6.45) is 5.62. The molecule has 1 aromatic heterocycles. The highest BCUT2D eigenvalue weighted by atomic mass is 16.5. The lowest BCUT2D eigenvalue weighted by molar-refractivity contribution is 0.0916. The van der Waals surface area contributed by atoms with Crippen molar-refractivity contribution < 1.29 is 4.74 Å². The van der Waals surface area contributed by atoms with Crippen LogP contribution < -0.4 is 0 Å². The molecule has 2 heterocycles. The Bertz CT molecular complexity index is 300. The Morgan fingerprint density at radius 3 is 3.29 bits per heavy atom. The van der Waals surface area contributed by atoms with E-state index in [0.717, 1.165) is 32.1 Å². The predicted octanol–water partition coefficient (Wildman–Crippen LogP) is 1.70. The number of likely N-dealkylation sites (tertiary alicyclic amines) is 1. The van der Waals surface area contributed by atoms with Crippen LogP contribution in [0.5, 0.6) is 0 Å². The summed E-state index contributed by atoms with van der Waals surface area (Å²) < 4.78 is 5.42. The number of H-pyrrole nitrogens is 1. The Morgan fingerprint density at radius 1 is 1.59 bits per heavy atom. The summed E-state index contributed by atoms with van der Waals surface area (Å²) in [4.78, 5) is 2.53. The summed E-state index contributed by atoms with van der Waals surface area (Å²) in [5.41, 5.74) is 1.27. The molecule has 0 aromatic carbocycles. The number of piperidine rings is 1. The van der Waals surface area contributed by atoms with E-state index in [1.165, 1.54) is 31.6 Å². The molecule has 4 nitrogen and oxygen atoms in total. The number of hydrogen-bond acceptors (Lipinski definition) is 3. The first-order valence-electron chi connectivity index (χ1n) is 6.67.